The summed E-state index contributed by atoms with van der Waals surface area (Å²) in [5.41, 5.74) is 2.52. The molecule has 0 atom stereocenters. The summed E-state index contributed by atoms with van der Waals surface area (Å²) in [5.74, 6) is 0.589. The molecule has 1 aliphatic rings. The summed E-state index contributed by atoms with van der Waals surface area (Å²) in [7, 11) is 0. The second kappa shape index (κ2) is 5.30. The summed E-state index contributed by atoms with van der Waals surface area (Å²) in [6, 6.07) is 8.43. The van der Waals surface area contributed by atoms with Crippen molar-refractivity contribution in [1.29, 1.82) is 0 Å². The Morgan fingerprint density at radius 1 is 1.05 bits per heavy atom. The van der Waals surface area contributed by atoms with Gasteiger partial charge in [0.05, 0.1) is 12.0 Å². The van der Waals surface area contributed by atoms with Crippen molar-refractivity contribution in [3.63, 3.8) is 0 Å². The quantitative estimate of drug-likeness (QED) is 0.784. The minimum Gasteiger partial charge on any atom is -0.317 e. The minimum absolute atomic E-state index is 0.589. The van der Waals surface area contributed by atoms with Crippen LogP contribution >= 0.6 is 0 Å². The molecule has 21 heavy (non-hydrogen) atoms. The maximum Gasteiger partial charge on any atom is 0.0994 e. The summed E-state index contributed by atoms with van der Waals surface area (Å²) in [4.78, 5) is 8.62. The van der Waals surface area contributed by atoms with Crippen molar-refractivity contribution in [1.82, 2.24) is 19.9 Å². The van der Waals surface area contributed by atoms with Gasteiger partial charge in [-0.1, -0.05) is 12.1 Å². The number of nitrogens with one attached hydrogen (secondary N) is 1. The number of hydrogen-bond donors (Lipinski definition) is 1. The maximum atomic E-state index is 4.41. The van der Waals surface area contributed by atoms with Crippen molar-refractivity contribution in [2.24, 2.45) is 0 Å². The van der Waals surface area contributed by atoms with E-state index in [4.69, 9.17) is 0 Å². The molecular formula is C17H18N4. The molecule has 0 amide bonds. The molecule has 3 heterocycles. The Hall–Kier alpha value is -2.20. The third-order valence-corrected chi connectivity index (χ3v) is 4.34. The van der Waals surface area contributed by atoms with Gasteiger partial charge in [0.25, 0.3) is 0 Å². The van der Waals surface area contributed by atoms with Gasteiger partial charge >= 0.3 is 0 Å². The lowest BCUT2D eigenvalue weighted by molar-refractivity contribution is 0.449. The third-order valence-electron chi connectivity index (χ3n) is 4.34. The second-order valence-corrected chi connectivity index (χ2v) is 5.59. The molecule has 4 heteroatoms. The average Bonchev–Trinajstić information content (AvgIpc) is 3.04. The number of pyridine rings is 1. The fraction of sp³-hybridized carbons (Fsp3) is 0.294. The summed E-state index contributed by atoms with van der Waals surface area (Å²) in [6.07, 6.45) is 10.1. The lowest BCUT2D eigenvalue weighted by Gasteiger charge is -2.24. The number of nitrogens with zero attached hydrogens (tertiary/aromatic N) is 3. The Bertz CT molecular complexity index is 751. The molecule has 0 unspecified atom stereocenters. The van der Waals surface area contributed by atoms with Gasteiger partial charge in [-0.2, -0.15) is 0 Å². The number of aromatic nitrogens is 3. The monoisotopic (exact) mass is 278 g/mol. The highest BCUT2D eigenvalue weighted by Crippen LogP contribution is 2.29. The smallest absolute Gasteiger partial charge is 0.0994 e. The summed E-state index contributed by atoms with van der Waals surface area (Å²) < 4.78 is 2.25. The van der Waals surface area contributed by atoms with Crippen molar-refractivity contribution in [2.45, 2.75) is 18.8 Å². The van der Waals surface area contributed by atoms with Crippen LogP contribution in [0.1, 0.15) is 24.5 Å². The predicted molar refractivity (Wildman–Crippen MR) is 83.7 cm³/mol. The van der Waals surface area contributed by atoms with Crippen LogP contribution in [0.15, 0.2) is 49.2 Å². The first kappa shape index (κ1) is 12.5. The Labute approximate surface area is 123 Å². The molecule has 0 spiro atoms. The normalized spacial score (nSPS) is 16.4. The Morgan fingerprint density at radius 2 is 1.95 bits per heavy atom. The van der Waals surface area contributed by atoms with Gasteiger partial charge < -0.3 is 9.88 Å². The van der Waals surface area contributed by atoms with E-state index >= 15 is 0 Å². The molecule has 3 aromatic rings. The molecule has 1 aromatic carbocycles. The molecule has 0 saturated carbocycles. The topological polar surface area (TPSA) is 42.7 Å². The lowest BCUT2D eigenvalue weighted by Crippen LogP contribution is -2.27. The summed E-state index contributed by atoms with van der Waals surface area (Å²) >= 11 is 0. The molecule has 4 nitrogen and oxygen atoms in total. The van der Waals surface area contributed by atoms with E-state index in [0.717, 1.165) is 13.1 Å². The fourth-order valence-electron chi connectivity index (χ4n) is 3.24. The SMILES string of the molecule is c1cc(-n2cncc2C2CCNCC2)c2ccncc2c1. The van der Waals surface area contributed by atoms with Crippen molar-refractivity contribution in [2.75, 3.05) is 13.1 Å². The fourth-order valence-corrected chi connectivity index (χ4v) is 3.24. The van der Waals surface area contributed by atoms with Gasteiger partial charge in [0.15, 0.2) is 0 Å². The van der Waals surface area contributed by atoms with E-state index in [1.54, 1.807) is 0 Å². The van der Waals surface area contributed by atoms with Gasteiger partial charge in [0, 0.05) is 41.0 Å². The van der Waals surface area contributed by atoms with Crippen LogP contribution in [0.5, 0.6) is 0 Å². The number of hydrogen-bond acceptors (Lipinski definition) is 3. The van der Waals surface area contributed by atoms with Crippen LogP contribution in [0.4, 0.5) is 0 Å². The van der Waals surface area contributed by atoms with Gasteiger partial charge in [-0.25, -0.2) is 4.98 Å². The highest BCUT2D eigenvalue weighted by atomic mass is 15.1. The first-order valence-electron chi connectivity index (χ1n) is 7.49. The predicted octanol–water partition coefficient (Wildman–Crippen LogP) is 2.89. The van der Waals surface area contributed by atoms with E-state index in [1.165, 1.54) is 35.0 Å². The lowest BCUT2D eigenvalue weighted by atomic mass is 9.94. The zero-order valence-corrected chi connectivity index (χ0v) is 11.9. The largest absolute Gasteiger partial charge is 0.317 e. The van der Waals surface area contributed by atoms with Gasteiger partial charge in [0.1, 0.15) is 0 Å². The van der Waals surface area contributed by atoms with E-state index in [9.17, 15) is 0 Å². The van der Waals surface area contributed by atoms with Crippen molar-refractivity contribution in [3.8, 4) is 5.69 Å². The standard InChI is InChI=1S/C17H18N4/c1-2-14-10-19-9-6-15(14)16(3-1)21-12-20-11-17(21)13-4-7-18-8-5-13/h1-3,6,9-13,18H,4-5,7-8H2. The number of imidazole rings is 1. The number of piperidine rings is 1. The molecule has 0 radical (unpaired) electrons. The Kier molecular flexibility index (Phi) is 3.16. The highest BCUT2D eigenvalue weighted by molar-refractivity contribution is 5.89. The van der Waals surface area contributed by atoms with Crippen molar-refractivity contribution in [3.05, 3.63) is 54.9 Å². The van der Waals surface area contributed by atoms with E-state index in [1.807, 2.05) is 24.9 Å². The summed E-state index contributed by atoms with van der Waals surface area (Å²) in [6.45, 7) is 2.19. The van der Waals surface area contributed by atoms with Crippen LogP contribution in [-0.2, 0) is 0 Å². The molecule has 2 aromatic heterocycles. The van der Waals surface area contributed by atoms with Crippen LogP contribution in [0.3, 0.4) is 0 Å². The molecule has 1 aliphatic heterocycles. The molecule has 106 valence electrons. The molecule has 0 bridgehead atoms. The number of fused-ring (bicyclic) bond motifs is 1. The van der Waals surface area contributed by atoms with Gasteiger partial charge in [-0.05, 0) is 38.1 Å². The van der Waals surface area contributed by atoms with Crippen molar-refractivity contribution < 1.29 is 0 Å². The van der Waals surface area contributed by atoms with E-state index in [2.05, 4.69) is 44.1 Å². The van der Waals surface area contributed by atoms with Crippen LogP contribution in [0.2, 0.25) is 0 Å². The van der Waals surface area contributed by atoms with Gasteiger partial charge in [-0.3, -0.25) is 4.98 Å². The summed E-state index contributed by atoms with van der Waals surface area (Å²) in [5, 5.41) is 5.82. The highest BCUT2D eigenvalue weighted by Gasteiger charge is 2.19. The van der Waals surface area contributed by atoms with Gasteiger partial charge in [-0.15, -0.1) is 0 Å². The second-order valence-electron chi connectivity index (χ2n) is 5.59. The molecule has 1 N–H and O–H groups in total. The Morgan fingerprint density at radius 3 is 2.86 bits per heavy atom. The molecule has 0 aliphatic carbocycles. The van der Waals surface area contributed by atoms with Gasteiger partial charge in [0.2, 0.25) is 0 Å². The van der Waals surface area contributed by atoms with Crippen LogP contribution < -0.4 is 5.32 Å². The maximum absolute atomic E-state index is 4.41. The van der Waals surface area contributed by atoms with Crippen LogP contribution in [0, 0.1) is 0 Å². The van der Waals surface area contributed by atoms with Crippen molar-refractivity contribution >= 4 is 10.8 Å². The van der Waals surface area contributed by atoms with Crippen LogP contribution in [-0.4, -0.2) is 27.6 Å². The van der Waals surface area contributed by atoms with E-state index in [0.29, 0.717) is 5.92 Å². The average molecular weight is 278 g/mol. The van der Waals surface area contributed by atoms with E-state index in [-0.39, 0.29) is 0 Å². The van der Waals surface area contributed by atoms with Crippen LogP contribution in [0.25, 0.3) is 16.5 Å². The first-order valence-corrected chi connectivity index (χ1v) is 7.49. The number of benzene rings is 1. The zero-order chi connectivity index (χ0) is 14.1. The van der Waals surface area contributed by atoms with E-state index < -0.39 is 0 Å². The number of rotatable bonds is 2. The third kappa shape index (κ3) is 2.21. The molecule has 1 saturated heterocycles. The molecule has 1 fully saturated rings. The molecular weight excluding hydrogens is 260 g/mol. The minimum atomic E-state index is 0.589. The molecule has 4 rings (SSSR count). The zero-order valence-electron chi connectivity index (χ0n) is 11.9. The Balaban J connectivity index is 1.84. The first-order chi connectivity index (χ1) is 10.4.